The van der Waals surface area contributed by atoms with E-state index in [-0.39, 0.29) is 5.95 Å². The quantitative estimate of drug-likeness (QED) is 0.340. The van der Waals surface area contributed by atoms with Gasteiger partial charge in [-0.1, -0.05) is 0 Å². The van der Waals surface area contributed by atoms with Crippen molar-refractivity contribution in [1.29, 1.82) is 0 Å². The highest BCUT2D eigenvalue weighted by Gasteiger charge is 2.01. The highest BCUT2D eigenvalue weighted by Crippen LogP contribution is 2.13. The predicted molar refractivity (Wildman–Crippen MR) is 56.2 cm³/mol. The second kappa shape index (κ2) is 5.99. The number of nitrogens with one attached hydrogen (secondary N) is 1. The minimum Gasteiger partial charge on any atom is -0.477 e. The first-order valence-corrected chi connectivity index (χ1v) is 4.49. The van der Waals surface area contributed by atoms with Crippen LogP contribution >= 0.6 is 0 Å². The smallest absolute Gasteiger partial charge is 0.225 e. The first kappa shape index (κ1) is 11.5. The summed E-state index contributed by atoms with van der Waals surface area (Å²) in [5.74, 6) is 6.13. The number of nitrogens with two attached hydrogens (primary N) is 2. The van der Waals surface area contributed by atoms with Gasteiger partial charge in [0, 0.05) is 26.2 Å². The Morgan fingerprint density at radius 3 is 2.87 bits per heavy atom. The molecule has 0 aliphatic carbocycles. The van der Waals surface area contributed by atoms with Gasteiger partial charge in [-0.2, -0.15) is 9.97 Å². The summed E-state index contributed by atoms with van der Waals surface area (Å²) < 4.78 is 10.2. The summed E-state index contributed by atoms with van der Waals surface area (Å²) in [4.78, 5) is 7.71. The van der Waals surface area contributed by atoms with Crippen LogP contribution in [0.1, 0.15) is 6.42 Å². The molecule has 1 heterocycles. The molecule has 1 aromatic rings. The van der Waals surface area contributed by atoms with Gasteiger partial charge in [0.1, 0.15) is 5.82 Å². The van der Waals surface area contributed by atoms with Crippen LogP contribution in [0.25, 0.3) is 0 Å². The van der Waals surface area contributed by atoms with E-state index in [1.54, 1.807) is 13.2 Å². The van der Waals surface area contributed by atoms with Gasteiger partial charge in [-0.3, -0.25) is 0 Å². The van der Waals surface area contributed by atoms with E-state index < -0.39 is 0 Å². The van der Waals surface area contributed by atoms with E-state index in [4.69, 9.17) is 21.1 Å². The topological polar surface area (TPSA) is 108 Å². The molecule has 0 saturated carbocycles. The zero-order chi connectivity index (χ0) is 11.1. The van der Waals surface area contributed by atoms with E-state index in [0.29, 0.717) is 24.9 Å². The van der Waals surface area contributed by atoms with E-state index >= 15 is 0 Å². The predicted octanol–water partition coefficient (Wildman–Crippen LogP) is -0.240. The molecule has 1 aromatic heterocycles. The summed E-state index contributed by atoms with van der Waals surface area (Å²) in [5.41, 5.74) is 7.82. The Kier molecular flexibility index (Phi) is 4.58. The number of nitrogen functional groups attached to an aromatic ring is 2. The second-order valence-electron chi connectivity index (χ2n) is 2.79. The normalized spacial score (nSPS) is 10.0. The Balaban J connectivity index is 2.49. The molecule has 15 heavy (non-hydrogen) atoms. The Bertz CT molecular complexity index is 307. The lowest BCUT2D eigenvalue weighted by Crippen LogP contribution is -2.11. The zero-order valence-corrected chi connectivity index (χ0v) is 8.56. The first-order valence-electron chi connectivity index (χ1n) is 4.49. The highest BCUT2D eigenvalue weighted by atomic mass is 16.5. The molecule has 0 fully saturated rings. The molecule has 0 radical (unpaired) electrons. The fourth-order valence-corrected chi connectivity index (χ4v) is 0.971. The van der Waals surface area contributed by atoms with E-state index in [2.05, 4.69) is 15.4 Å². The molecule has 0 unspecified atom stereocenters. The largest absolute Gasteiger partial charge is 0.477 e. The van der Waals surface area contributed by atoms with Crippen LogP contribution < -0.4 is 21.7 Å². The number of hydrazine groups is 1. The van der Waals surface area contributed by atoms with Gasteiger partial charge in [-0.15, -0.1) is 0 Å². The molecule has 1 rings (SSSR count). The molecule has 0 aliphatic heterocycles. The van der Waals surface area contributed by atoms with Gasteiger partial charge >= 0.3 is 0 Å². The molecule has 0 aromatic carbocycles. The van der Waals surface area contributed by atoms with Gasteiger partial charge in [0.25, 0.3) is 0 Å². The van der Waals surface area contributed by atoms with E-state index in [9.17, 15) is 0 Å². The lowest BCUT2D eigenvalue weighted by atomic mass is 10.5. The van der Waals surface area contributed by atoms with Crippen LogP contribution in [0.2, 0.25) is 0 Å². The van der Waals surface area contributed by atoms with Gasteiger partial charge in [0.05, 0.1) is 6.61 Å². The van der Waals surface area contributed by atoms with Crippen molar-refractivity contribution in [1.82, 2.24) is 9.97 Å². The number of rotatable bonds is 6. The fourth-order valence-electron chi connectivity index (χ4n) is 0.971. The molecule has 7 heteroatoms. The standard InChI is InChI=1S/C8H15N5O2/c1-14-3-2-4-15-7-5-6(13-10)11-8(9)12-7/h5H,2-4,10H2,1H3,(H3,9,11,12,13). The van der Waals surface area contributed by atoms with Crippen LogP contribution in [0.3, 0.4) is 0 Å². The number of methoxy groups -OCH3 is 1. The summed E-state index contributed by atoms with van der Waals surface area (Å²) in [7, 11) is 1.64. The molecular weight excluding hydrogens is 198 g/mol. The van der Waals surface area contributed by atoms with Crippen LogP contribution in [0.5, 0.6) is 5.88 Å². The lowest BCUT2D eigenvalue weighted by Gasteiger charge is -2.06. The van der Waals surface area contributed by atoms with Crippen molar-refractivity contribution < 1.29 is 9.47 Å². The van der Waals surface area contributed by atoms with Crippen molar-refractivity contribution >= 4 is 11.8 Å². The molecule has 0 aliphatic rings. The van der Waals surface area contributed by atoms with Gasteiger partial charge in [-0.25, -0.2) is 5.84 Å². The van der Waals surface area contributed by atoms with Crippen LogP contribution in [0, 0.1) is 0 Å². The third-order valence-electron chi connectivity index (χ3n) is 1.61. The van der Waals surface area contributed by atoms with Crippen molar-refractivity contribution in [2.24, 2.45) is 5.84 Å². The minimum absolute atomic E-state index is 0.118. The van der Waals surface area contributed by atoms with Crippen molar-refractivity contribution in [3.63, 3.8) is 0 Å². The first-order chi connectivity index (χ1) is 7.26. The number of hydrogen-bond acceptors (Lipinski definition) is 7. The van der Waals surface area contributed by atoms with Crippen molar-refractivity contribution in [2.45, 2.75) is 6.42 Å². The Labute approximate surface area is 87.8 Å². The van der Waals surface area contributed by atoms with E-state index in [1.165, 1.54) is 0 Å². The number of hydrogen-bond donors (Lipinski definition) is 3. The Hall–Kier alpha value is -1.60. The number of aromatic nitrogens is 2. The molecule has 0 bridgehead atoms. The van der Waals surface area contributed by atoms with Crippen LogP contribution in [0.4, 0.5) is 11.8 Å². The molecule has 0 spiro atoms. The van der Waals surface area contributed by atoms with Crippen molar-refractivity contribution in [3.05, 3.63) is 6.07 Å². The number of ether oxygens (including phenoxy) is 2. The minimum atomic E-state index is 0.118. The maximum absolute atomic E-state index is 5.44. The third kappa shape index (κ3) is 3.96. The molecule has 5 N–H and O–H groups in total. The van der Waals surface area contributed by atoms with Crippen LogP contribution in [-0.4, -0.2) is 30.3 Å². The maximum atomic E-state index is 5.44. The average Bonchev–Trinajstić information content (AvgIpc) is 2.23. The molecule has 0 atom stereocenters. The average molecular weight is 213 g/mol. The lowest BCUT2D eigenvalue weighted by molar-refractivity contribution is 0.170. The van der Waals surface area contributed by atoms with E-state index in [1.807, 2.05) is 0 Å². The summed E-state index contributed by atoms with van der Waals surface area (Å²) in [6.45, 7) is 1.15. The van der Waals surface area contributed by atoms with Crippen molar-refractivity contribution in [3.8, 4) is 5.88 Å². The van der Waals surface area contributed by atoms with Gasteiger partial charge in [-0.05, 0) is 0 Å². The SMILES string of the molecule is COCCCOc1cc(NN)nc(N)n1. The summed E-state index contributed by atoms with van der Waals surface area (Å²) in [5, 5.41) is 0. The highest BCUT2D eigenvalue weighted by molar-refractivity contribution is 5.41. The Morgan fingerprint density at radius 2 is 2.20 bits per heavy atom. The summed E-state index contributed by atoms with van der Waals surface area (Å²) in [6.07, 6.45) is 0.784. The summed E-state index contributed by atoms with van der Waals surface area (Å²) >= 11 is 0. The maximum Gasteiger partial charge on any atom is 0.225 e. The zero-order valence-electron chi connectivity index (χ0n) is 8.56. The van der Waals surface area contributed by atoms with E-state index in [0.717, 1.165) is 6.42 Å². The van der Waals surface area contributed by atoms with Crippen molar-refractivity contribution in [2.75, 3.05) is 31.5 Å². The third-order valence-corrected chi connectivity index (χ3v) is 1.61. The van der Waals surface area contributed by atoms with Gasteiger partial charge < -0.3 is 20.6 Å². The molecule has 0 amide bonds. The van der Waals surface area contributed by atoms with Crippen LogP contribution in [-0.2, 0) is 4.74 Å². The summed E-state index contributed by atoms with van der Waals surface area (Å²) in [6, 6.07) is 1.57. The fraction of sp³-hybridized carbons (Fsp3) is 0.500. The number of anilines is 2. The number of nitrogens with zero attached hydrogens (tertiary/aromatic N) is 2. The molecule has 0 saturated heterocycles. The van der Waals surface area contributed by atoms with Gasteiger partial charge in [0.15, 0.2) is 0 Å². The molecule has 7 nitrogen and oxygen atoms in total. The molecular formula is C8H15N5O2. The van der Waals surface area contributed by atoms with Crippen LogP contribution in [0.15, 0.2) is 6.07 Å². The molecule has 84 valence electrons. The Morgan fingerprint density at radius 1 is 1.40 bits per heavy atom. The monoisotopic (exact) mass is 213 g/mol. The second-order valence-corrected chi connectivity index (χ2v) is 2.79. The van der Waals surface area contributed by atoms with Gasteiger partial charge in [0.2, 0.25) is 11.8 Å².